The Morgan fingerprint density at radius 2 is 1.30 bits per heavy atom. The third-order valence-electron chi connectivity index (χ3n) is 4.85. The minimum atomic E-state index is -3.88. The number of nitriles is 1. The summed E-state index contributed by atoms with van der Waals surface area (Å²) in [5.41, 5.74) is -0.389. The van der Waals surface area contributed by atoms with Crippen molar-refractivity contribution >= 4 is 0 Å². The molecule has 3 rings (SSSR count). The number of alkyl halides is 4. The topological polar surface area (TPSA) is 42.2 Å². The summed E-state index contributed by atoms with van der Waals surface area (Å²) in [6.45, 7) is 2.04. The maximum atomic E-state index is 14.5. The molecule has 0 radical (unpaired) electrons. The fourth-order valence-corrected chi connectivity index (χ4v) is 3.03. The van der Waals surface area contributed by atoms with Crippen molar-refractivity contribution in [1.29, 1.82) is 5.26 Å². The number of unbranched alkanes of at least 4 members (excludes halogenated alkanes) is 1. The molecule has 0 aliphatic heterocycles. The van der Waals surface area contributed by atoms with Crippen LogP contribution in [0.3, 0.4) is 0 Å². The van der Waals surface area contributed by atoms with E-state index < -0.39 is 29.3 Å². The van der Waals surface area contributed by atoms with Gasteiger partial charge in [-0.1, -0.05) is 25.5 Å². The van der Waals surface area contributed by atoms with Gasteiger partial charge in [0, 0.05) is 6.07 Å². The number of hydrogen-bond acceptors (Lipinski definition) is 3. The van der Waals surface area contributed by atoms with Crippen LogP contribution in [-0.4, -0.2) is 0 Å². The zero-order chi connectivity index (χ0) is 24.1. The summed E-state index contributed by atoms with van der Waals surface area (Å²) < 4.78 is 80.7. The minimum absolute atomic E-state index is 0.316. The highest BCUT2D eigenvalue weighted by atomic mass is 19.3. The molecular formula is C25H20F5NO2. The Kier molecular flexibility index (Phi) is 7.22. The molecule has 0 N–H and O–H groups in total. The molecule has 33 heavy (non-hydrogen) atoms. The smallest absolute Gasteiger partial charge is 0.426 e. The van der Waals surface area contributed by atoms with Crippen molar-refractivity contribution in [3.05, 3.63) is 94.8 Å². The van der Waals surface area contributed by atoms with Crippen LogP contribution in [0.25, 0.3) is 0 Å². The molecule has 0 aliphatic rings. The van der Waals surface area contributed by atoms with E-state index in [1.165, 1.54) is 12.1 Å². The van der Waals surface area contributed by atoms with Gasteiger partial charge < -0.3 is 9.47 Å². The first kappa shape index (κ1) is 24.1. The quantitative estimate of drug-likeness (QED) is 0.314. The van der Waals surface area contributed by atoms with Crippen molar-refractivity contribution in [2.45, 2.75) is 38.4 Å². The second-order valence-electron chi connectivity index (χ2n) is 7.32. The summed E-state index contributed by atoms with van der Waals surface area (Å²) in [7, 11) is 0. The number of benzene rings is 3. The van der Waals surface area contributed by atoms with Crippen LogP contribution >= 0.6 is 0 Å². The third kappa shape index (κ3) is 6.01. The lowest BCUT2D eigenvalue weighted by Crippen LogP contribution is -2.23. The average molecular weight is 461 g/mol. The molecule has 0 heterocycles. The second kappa shape index (κ2) is 9.90. The van der Waals surface area contributed by atoms with Crippen LogP contribution in [-0.2, 0) is 18.6 Å². The van der Waals surface area contributed by atoms with E-state index in [9.17, 15) is 22.0 Å². The van der Waals surface area contributed by atoms with E-state index >= 15 is 0 Å². The van der Waals surface area contributed by atoms with E-state index in [1.807, 2.05) is 6.92 Å². The number of aryl methyl sites for hydroxylation is 1. The summed E-state index contributed by atoms with van der Waals surface area (Å²) >= 11 is 0. The molecule has 0 fully saturated rings. The molecule has 172 valence electrons. The molecule has 0 aliphatic carbocycles. The zero-order valence-electron chi connectivity index (χ0n) is 17.6. The number of nitrogens with zero attached hydrogens (tertiary/aromatic N) is 1. The Morgan fingerprint density at radius 3 is 1.82 bits per heavy atom. The first-order valence-electron chi connectivity index (χ1n) is 10.2. The highest BCUT2D eigenvalue weighted by Crippen LogP contribution is 2.35. The molecule has 0 atom stereocenters. The lowest BCUT2D eigenvalue weighted by Gasteiger charge is -2.20. The van der Waals surface area contributed by atoms with E-state index in [0.29, 0.717) is 6.07 Å². The number of hydrogen-bond donors (Lipinski definition) is 0. The van der Waals surface area contributed by atoms with Gasteiger partial charge in [-0.3, -0.25) is 0 Å². The van der Waals surface area contributed by atoms with Crippen molar-refractivity contribution in [3.63, 3.8) is 0 Å². The van der Waals surface area contributed by atoms with Gasteiger partial charge >= 0.3 is 12.2 Å². The van der Waals surface area contributed by atoms with Crippen LogP contribution in [0, 0.1) is 17.1 Å². The molecule has 0 amide bonds. The number of halogens is 5. The van der Waals surface area contributed by atoms with Crippen LogP contribution < -0.4 is 9.47 Å². The summed E-state index contributed by atoms with van der Waals surface area (Å²) in [6.07, 6.45) is -4.81. The van der Waals surface area contributed by atoms with E-state index in [1.54, 1.807) is 18.2 Å². The SMILES string of the molecule is CCCCc1ccc(C(F)(F)Oc2ccc(C(F)(F)Oc3ccc(C#N)c(F)c3)cc2)cc1. The zero-order valence-corrected chi connectivity index (χ0v) is 17.6. The highest BCUT2D eigenvalue weighted by Gasteiger charge is 2.37. The molecule has 0 bridgehead atoms. The van der Waals surface area contributed by atoms with Crippen LogP contribution in [0.1, 0.15) is 42.0 Å². The molecular weight excluding hydrogens is 441 g/mol. The van der Waals surface area contributed by atoms with Gasteiger partial charge in [0.15, 0.2) is 0 Å². The van der Waals surface area contributed by atoms with E-state index in [0.717, 1.165) is 61.2 Å². The minimum Gasteiger partial charge on any atom is -0.429 e. The summed E-state index contributed by atoms with van der Waals surface area (Å²) in [4.78, 5) is 0. The predicted octanol–water partition coefficient (Wildman–Crippen LogP) is 7.30. The molecule has 3 nitrogen and oxygen atoms in total. The van der Waals surface area contributed by atoms with Gasteiger partial charge in [-0.05, 0) is 66.9 Å². The maximum absolute atomic E-state index is 14.5. The van der Waals surface area contributed by atoms with Gasteiger partial charge in [-0.25, -0.2) is 4.39 Å². The van der Waals surface area contributed by atoms with Crippen molar-refractivity contribution in [3.8, 4) is 17.6 Å². The van der Waals surface area contributed by atoms with Gasteiger partial charge in [0.05, 0.1) is 16.7 Å². The van der Waals surface area contributed by atoms with Gasteiger partial charge in [-0.2, -0.15) is 22.8 Å². The molecule has 3 aromatic rings. The number of rotatable bonds is 9. The third-order valence-corrected chi connectivity index (χ3v) is 4.85. The van der Waals surface area contributed by atoms with Gasteiger partial charge in [-0.15, -0.1) is 0 Å². The van der Waals surface area contributed by atoms with Crippen molar-refractivity contribution in [2.24, 2.45) is 0 Å². The summed E-state index contributed by atoms with van der Waals surface area (Å²) in [5, 5.41) is 8.70. The normalized spacial score (nSPS) is 11.7. The fourth-order valence-electron chi connectivity index (χ4n) is 3.03. The van der Waals surface area contributed by atoms with E-state index in [4.69, 9.17) is 10.00 Å². The highest BCUT2D eigenvalue weighted by molar-refractivity contribution is 5.37. The molecule has 0 saturated heterocycles. The Balaban J connectivity index is 1.69. The lowest BCUT2D eigenvalue weighted by molar-refractivity contribution is -0.187. The molecule has 0 unspecified atom stereocenters. The van der Waals surface area contributed by atoms with Crippen LogP contribution in [0.5, 0.6) is 11.5 Å². The number of ether oxygens (including phenoxy) is 2. The summed E-state index contributed by atoms with van der Waals surface area (Å²) in [6, 6.07) is 13.7. The lowest BCUT2D eigenvalue weighted by atomic mass is 10.1. The Bertz CT molecular complexity index is 1120. The van der Waals surface area contributed by atoms with Crippen molar-refractivity contribution < 1.29 is 31.4 Å². The summed E-state index contributed by atoms with van der Waals surface area (Å²) in [5.74, 6) is -1.82. The fraction of sp³-hybridized carbons (Fsp3) is 0.240. The molecule has 0 spiro atoms. The predicted molar refractivity (Wildman–Crippen MR) is 112 cm³/mol. The standard InChI is InChI=1S/C25H20F5NO2/c1-2-3-4-17-5-8-19(9-6-17)24(27,28)32-21-13-10-20(11-14-21)25(29,30)33-22-12-7-18(16-31)23(26)15-22/h5-15H,2-4H2,1H3. The van der Waals surface area contributed by atoms with Crippen LogP contribution in [0.15, 0.2) is 66.7 Å². The average Bonchev–Trinajstić information content (AvgIpc) is 2.78. The van der Waals surface area contributed by atoms with Crippen molar-refractivity contribution in [2.75, 3.05) is 0 Å². The van der Waals surface area contributed by atoms with E-state index in [2.05, 4.69) is 4.74 Å². The second-order valence-corrected chi connectivity index (χ2v) is 7.32. The molecule has 0 saturated carbocycles. The van der Waals surface area contributed by atoms with Crippen molar-refractivity contribution in [1.82, 2.24) is 0 Å². The van der Waals surface area contributed by atoms with E-state index in [-0.39, 0.29) is 16.9 Å². The maximum Gasteiger partial charge on any atom is 0.426 e. The van der Waals surface area contributed by atoms with Gasteiger partial charge in [0.2, 0.25) is 0 Å². The van der Waals surface area contributed by atoms with Crippen LogP contribution in [0.4, 0.5) is 22.0 Å². The van der Waals surface area contributed by atoms with Gasteiger partial charge in [0.25, 0.3) is 0 Å². The van der Waals surface area contributed by atoms with Crippen LogP contribution in [0.2, 0.25) is 0 Å². The monoisotopic (exact) mass is 461 g/mol. The molecule has 0 aromatic heterocycles. The first-order chi connectivity index (χ1) is 15.6. The first-order valence-corrected chi connectivity index (χ1v) is 10.2. The molecule has 8 heteroatoms. The Morgan fingerprint density at radius 1 is 0.788 bits per heavy atom. The Hall–Kier alpha value is -3.60. The van der Waals surface area contributed by atoms with Gasteiger partial charge in [0.1, 0.15) is 23.4 Å². The largest absolute Gasteiger partial charge is 0.429 e. The Labute approximate surface area is 188 Å². The molecule has 3 aromatic carbocycles.